The highest BCUT2D eigenvalue weighted by Crippen LogP contribution is 2.47. The number of halogens is 1. The number of anilines is 4. The predicted molar refractivity (Wildman–Crippen MR) is 165 cm³/mol. The van der Waals surface area contributed by atoms with E-state index >= 15 is 0 Å². The highest BCUT2D eigenvalue weighted by molar-refractivity contribution is 6.11. The first kappa shape index (κ1) is 26.1. The predicted octanol–water partition coefficient (Wildman–Crippen LogP) is 8.78. The maximum Gasteiger partial charge on any atom is 0.0550 e. The zero-order chi connectivity index (χ0) is 25.2. The lowest BCUT2D eigenvalue weighted by molar-refractivity contribution is 1.13. The molecule has 0 spiro atoms. The summed E-state index contributed by atoms with van der Waals surface area (Å²) in [5.41, 5.74) is 10.8. The minimum Gasteiger partial charge on any atom is -0.378 e. The van der Waals surface area contributed by atoms with Gasteiger partial charge in [-0.15, -0.1) is 12.4 Å². The largest absolute Gasteiger partial charge is 0.378 e. The summed E-state index contributed by atoms with van der Waals surface area (Å²) in [5, 5.41) is 6.28. The average Bonchev–Trinajstić information content (AvgIpc) is 2.91. The van der Waals surface area contributed by atoms with Crippen LogP contribution in [0.25, 0.3) is 33.0 Å². The normalized spacial score (nSPS) is 10.6. The molecule has 0 amide bonds. The van der Waals surface area contributed by atoms with Crippen LogP contribution in [0, 0.1) is 6.92 Å². The standard InChI is InChI=1S/C33H33N3.ClH/c1-23-29-13-9-10-14-30(29)33(34-26-11-7-6-8-12-26)32(25-17-21-28(22-18-25)36(4)5)31(23)24-15-19-27(20-16-24)35(2)3;/h6-22,34H,1-5H3;1H. The van der Waals surface area contributed by atoms with Gasteiger partial charge < -0.3 is 15.1 Å². The van der Waals surface area contributed by atoms with Gasteiger partial charge >= 0.3 is 0 Å². The highest BCUT2D eigenvalue weighted by Gasteiger charge is 2.20. The van der Waals surface area contributed by atoms with E-state index in [0.717, 1.165) is 11.4 Å². The second kappa shape index (κ2) is 11.0. The van der Waals surface area contributed by atoms with Gasteiger partial charge in [-0.2, -0.15) is 0 Å². The van der Waals surface area contributed by atoms with Crippen molar-refractivity contribution in [3.63, 3.8) is 0 Å². The van der Waals surface area contributed by atoms with E-state index in [4.69, 9.17) is 0 Å². The lowest BCUT2D eigenvalue weighted by Gasteiger charge is -2.24. The van der Waals surface area contributed by atoms with E-state index in [2.05, 4.69) is 153 Å². The van der Waals surface area contributed by atoms with E-state index in [1.54, 1.807) is 0 Å². The number of para-hydroxylation sites is 1. The number of hydrogen-bond acceptors (Lipinski definition) is 3. The van der Waals surface area contributed by atoms with Gasteiger partial charge in [0.1, 0.15) is 0 Å². The molecule has 5 aromatic rings. The summed E-state index contributed by atoms with van der Waals surface area (Å²) in [5.74, 6) is 0. The van der Waals surface area contributed by atoms with Crippen LogP contribution in [0.4, 0.5) is 22.7 Å². The molecule has 0 bridgehead atoms. The topological polar surface area (TPSA) is 18.5 Å². The molecule has 0 heterocycles. The van der Waals surface area contributed by atoms with Crippen LogP contribution in [0.1, 0.15) is 5.56 Å². The Balaban J connectivity index is 0.00000320. The van der Waals surface area contributed by atoms with Gasteiger partial charge in [-0.05, 0) is 71.0 Å². The number of rotatable bonds is 6. The molecule has 0 unspecified atom stereocenters. The summed E-state index contributed by atoms with van der Waals surface area (Å²) in [6.45, 7) is 2.25. The Morgan fingerprint density at radius 3 is 1.49 bits per heavy atom. The smallest absolute Gasteiger partial charge is 0.0550 e. The zero-order valence-electron chi connectivity index (χ0n) is 22.1. The summed E-state index contributed by atoms with van der Waals surface area (Å²) in [6.07, 6.45) is 0. The van der Waals surface area contributed by atoms with Crippen LogP contribution in [0.5, 0.6) is 0 Å². The molecule has 3 nitrogen and oxygen atoms in total. The summed E-state index contributed by atoms with van der Waals surface area (Å²) >= 11 is 0. The Kier molecular flexibility index (Phi) is 7.75. The Labute approximate surface area is 226 Å². The molecule has 0 aromatic heterocycles. The van der Waals surface area contributed by atoms with Crippen LogP contribution in [0.15, 0.2) is 103 Å². The van der Waals surface area contributed by atoms with Crippen LogP contribution in [0.2, 0.25) is 0 Å². The number of benzene rings is 5. The zero-order valence-corrected chi connectivity index (χ0v) is 22.9. The SMILES string of the molecule is Cc1c(-c2ccc(N(C)C)cc2)c(-c2ccc(N(C)C)cc2)c(Nc2ccccc2)c2ccccc12.Cl. The third-order valence-corrected chi connectivity index (χ3v) is 6.86. The van der Waals surface area contributed by atoms with E-state index in [9.17, 15) is 0 Å². The van der Waals surface area contributed by atoms with Crippen LogP contribution < -0.4 is 15.1 Å². The van der Waals surface area contributed by atoms with Gasteiger partial charge in [-0.1, -0.05) is 66.7 Å². The minimum absolute atomic E-state index is 0. The molecule has 0 atom stereocenters. The van der Waals surface area contributed by atoms with Crippen molar-refractivity contribution in [2.45, 2.75) is 6.92 Å². The molecular weight excluding hydrogens is 474 g/mol. The number of aryl methyl sites for hydroxylation is 1. The number of nitrogens with zero attached hydrogens (tertiary/aromatic N) is 2. The van der Waals surface area contributed by atoms with Crippen LogP contribution >= 0.6 is 12.4 Å². The summed E-state index contributed by atoms with van der Waals surface area (Å²) < 4.78 is 0. The van der Waals surface area contributed by atoms with Crippen molar-refractivity contribution >= 4 is 45.9 Å². The first-order valence-corrected chi connectivity index (χ1v) is 12.4. The van der Waals surface area contributed by atoms with E-state index in [1.165, 1.54) is 50.0 Å². The lowest BCUT2D eigenvalue weighted by atomic mass is 9.85. The fraction of sp³-hybridized carbons (Fsp3) is 0.152. The Morgan fingerprint density at radius 1 is 0.514 bits per heavy atom. The van der Waals surface area contributed by atoms with Gasteiger partial charge in [0.15, 0.2) is 0 Å². The van der Waals surface area contributed by atoms with Gasteiger partial charge in [0.05, 0.1) is 5.69 Å². The Hall–Kier alpha value is -3.95. The van der Waals surface area contributed by atoms with Crippen LogP contribution in [-0.2, 0) is 0 Å². The Bertz CT molecular complexity index is 1490. The van der Waals surface area contributed by atoms with E-state index in [0.29, 0.717) is 0 Å². The monoisotopic (exact) mass is 507 g/mol. The average molecular weight is 508 g/mol. The summed E-state index contributed by atoms with van der Waals surface area (Å²) in [7, 11) is 8.32. The van der Waals surface area contributed by atoms with E-state index < -0.39 is 0 Å². The number of nitrogens with one attached hydrogen (secondary N) is 1. The van der Waals surface area contributed by atoms with Crippen LogP contribution in [-0.4, -0.2) is 28.2 Å². The molecule has 1 N–H and O–H groups in total. The third-order valence-electron chi connectivity index (χ3n) is 6.86. The van der Waals surface area contributed by atoms with Crippen molar-refractivity contribution < 1.29 is 0 Å². The van der Waals surface area contributed by atoms with Crippen molar-refractivity contribution in [1.29, 1.82) is 0 Å². The van der Waals surface area contributed by atoms with E-state index in [1.807, 2.05) is 0 Å². The summed E-state index contributed by atoms with van der Waals surface area (Å²) in [4.78, 5) is 4.28. The van der Waals surface area contributed by atoms with Crippen LogP contribution in [0.3, 0.4) is 0 Å². The molecule has 4 heteroatoms. The van der Waals surface area contributed by atoms with Crippen molar-refractivity contribution in [1.82, 2.24) is 0 Å². The fourth-order valence-corrected chi connectivity index (χ4v) is 4.91. The summed E-state index contributed by atoms with van der Waals surface area (Å²) in [6, 6.07) is 36.9. The molecule has 5 rings (SSSR count). The Morgan fingerprint density at radius 2 is 0.973 bits per heavy atom. The maximum atomic E-state index is 3.80. The fourth-order valence-electron chi connectivity index (χ4n) is 4.91. The second-order valence-electron chi connectivity index (χ2n) is 9.67. The molecule has 5 aromatic carbocycles. The van der Waals surface area contributed by atoms with Crippen molar-refractivity contribution in [2.24, 2.45) is 0 Å². The van der Waals surface area contributed by atoms with Gasteiger partial charge in [-0.25, -0.2) is 0 Å². The van der Waals surface area contributed by atoms with Gasteiger partial charge in [0.25, 0.3) is 0 Å². The molecule has 0 fully saturated rings. The third kappa shape index (κ3) is 5.14. The molecule has 0 saturated carbocycles. The lowest BCUT2D eigenvalue weighted by Crippen LogP contribution is -2.08. The molecule has 0 aliphatic carbocycles. The highest BCUT2D eigenvalue weighted by atomic mass is 35.5. The number of fused-ring (bicyclic) bond motifs is 1. The maximum absolute atomic E-state index is 3.80. The van der Waals surface area contributed by atoms with E-state index in [-0.39, 0.29) is 12.4 Å². The molecule has 188 valence electrons. The molecule has 0 saturated heterocycles. The van der Waals surface area contributed by atoms with Gasteiger partial charge in [-0.3, -0.25) is 0 Å². The first-order chi connectivity index (χ1) is 17.4. The first-order valence-electron chi connectivity index (χ1n) is 12.4. The van der Waals surface area contributed by atoms with Crippen molar-refractivity contribution in [2.75, 3.05) is 43.3 Å². The van der Waals surface area contributed by atoms with Crippen molar-refractivity contribution in [3.8, 4) is 22.3 Å². The van der Waals surface area contributed by atoms with Gasteiger partial charge in [0.2, 0.25) is 0 Å². The van der Waals surface area contributed by atoms with Crippen molar-refractivity contribution in [3.05, 3.63) is 109 Å². The quantitative estimate of drug-likeness (QED) is 0.248. The second-order valence-corrected chi connectivity index (χ2v) is 9.67. The minimum atomic E-state index is 0. The molecule has 0 radical (unpaired) electrons. The molecule has 37 heavy (non-hydrogen) atoms. The molecular formula is C33H34ClN3. The molecule has 0 aliphatic rings. The number of hydrogen-bond donors (Lipinski definition) is 1. The molecule has 0 aliphatic heterocycles. The van der Waals surface area contributed by atoms with Gasteiger partial charge in [0, 0.05) is 56.2 Å².